The second-order valence-corrected chi connectivity index (χ2v) is 8.57. The lowest BCUT2D eigenvalue weighted by molar-refractivity contribution is -0.132. The second-order valence-electron chi connectivity index (χ2n) is 7.59. The van der Waals surface area contributed by atoms with Crippen molar-refractivity contribution in [3.05, 3.63) is 86.6 Å². The SMILES string of the molecule is COc1ccc(/C(O)=C2/C(=O)C(=O)N(c3cccc(C)c3C)C2c2cccs2)cc1C. The lowest BCUT2D eigenvalue weighted by atomic mass is 9.98. The molecule has 0 saturated carbocycles. The minimum absolute atomic E-state index is 0.0953. The van der Waals surface area contributed by atoms with Crippen molar-refractivity contribution in [2.75, 3.05) is 12.0 Å². The summed E-state index contributed by atoms with van der Waals surface area (Å²) in [6.45, 7) is 5.76. The molecule has 1 atom stereocenters. The molecule has 1 unspecified atom stereocenters. The highest BCUT2D eigenvalue weighted by atomic mass is 32.1. The van der Waals surface area contributed by atoms with Gasteiger partial charge in [0.25, 0.3) is 11.7 Å². The number of carbonyl (C=O) groups is 2. The molecule has 0 bridgehead atoms. The Balaban J connectivity index is 1.94. The van der Waals surface area contributed by atoms with E-state index in [0.717, 1.165) is 21.6 Å². The van der Waals surface area contributed by atoms with Crippen LogP contribution in [0.25, 0.3) is 5.76 Å². The fourth-order valence-corrected chi connectivity index (χ4v) is 4.80. The molecule has 1 saturated heterocycles. The van der Waals surface area contributed by atoms with Crippen LogP contribution in [0.3, 0.4) is 0 Å². The Morgan fingerprint density at radius 1 is 1.03 bits per heavy atom. The van der Waals surface area contributed by atoms with Crippen LogP contribution in [0.1, 0.15) is 33.2 Å². The van der Waals surface area contributed by atoms with Gasteiger partial charge in [0.15, 0.2) is 0 Å². The molecule has 31 heavy (non-hydrogen) atoms. The largest absolute Gasteiger partial charge is 0.507 e. The van der Waals surface area contributed by atoms with E-state index in [1.54, 1.807) is 25.3 Å². The number of aryl methyl sites for hydroxylation is 2. The smallest absolute Gasteiger partial charge is 0.300 e. The van der Waals surface area contributed by atoms with Crippen LogP contribution < -0.4 is 9.64 Å². The number of nitrogens with zero attached hydrogens (tertiary/aromatic N) is 1. The Morgan fingerprint density at radius 3 is 2.45 bits per heavy atom. The number of Topliss-reactive ketones (excluding diaryl/α,β-unsaturated/α-hetero) is 1. The maximum absolute atomic E-state index is 13.2. The van der Waals surface area contributed by atoms with Crippen LogP contribution in [0.2, 0.25) is 0 Å². The van der Waals surface area contributed by atoms with E-state index in [1.807, 2.05) is 56.5 Å². The maximum atomic E-state index is 13.2. The lowest BCUT2D eigenvalue weighted by Crippen LogP contribution is -2.29. The first kappa shape index (κ1) is 20.9. The van der Waals surface area contributed by atoms with Crippen molar-refractivity contribution in [1.29, 1.82) is 0 Å². The molecule has 0 aliphatic carbocycles. The third-order valence-electron chi connectivity index (χ3n) is 5.76. The quantitative estimate of drug-likeness (QED) is 0.344. The Kier molecular flexibility index (Phi) is 5.41. The summed E-state index contributed by atoms with van der Waals surface area (Å²) in [5.74, 6) is -0.832. The van der Waals surface area contributed by atoms with E-state index >= 15 is 0 Å². The molecule has 1 amide bonds. The van der Waals surface area contributed by atoms with Gasteiger partial charge in [-0.1, -0.05) is 18.2 Å². The normalized spacial score (nSPS) is 17.9. The molecule has 158 valence electrons. The fourth-order valence-electron chi connectivity index (χ4n) is 3.97. The molecule has 1 aliphatic heterocycles. The van der Waals surface area contributed by atoms with Crippen molar-refractivity contribution >= 4 is 34.5 Å². The van der Waals surface area contributed by atoms with E-state index in [2.05, 4.69) is 0 Å². The number of methoxy groups -OCH3 is 1. The first-order valence-electron chi connectivity index (χ1n) is 9.90. The van der Waals surface area contributed by atoms with Crippen LogP contribution in [-0.4, -0.2) is 23.9 Å². The van der Waals surface area contributed by atoms with Gasteiger partial charge in [-0.15, -0.1) is 11.3 Å². The molecule has 1 aromatic heterocycles. The van der Waals surface area contributed by atoms with E-state index in [4.69, 9.17) is 4.74 Å². The number of hydrogen-bond donors (Lipinski definition) is 1. The van der Waals surface area contributed by atoms with E-state index in [0.29, 0.717) is 17.0 Å². The van der Waals surface area contributed by atoms with Crippen molar-refractivity contribution in [2.45, 2.75) is 26.8 Å². The molecule has 1 fully saturated rings. The number of ether oxygens (including phenoxy) is 1. The molecule has 2 aromatic carbocycles. The summed E-state index contributed by atoms with van der Waals surface area (Å²) in [4.78, 5) is 28.7. The molecule has 0 radical (unpaired) electrons. The van der Waals surface area contributed by atoms with Crippen LogP contribution in [0, 0.1) is 20.8 Å². The molecule has 4 rings (SSSR count). The summed E-state index contributed by atoms with van der Waals surface area (Å²) in [6.07, 6.45) is 0. The Bertz CT molecular complexity index is 1210. The number of thiophene rings is 1. The molecule has 1 aliphatic rings. The minimum Gasteiger partial charge on any atom is -0.507 e. The predicted molar refractivity (Wildman–Crippen MR) is 123 cm³/mol. The average Bonchev–Trinajstić information content (AvgIpc) is 3.37. The number of carbonyl (C=O) groups excluding carboxylic acids is 2. The summed E-state index contributed by atoms with van der Waals surface area (Å²) in [7, 11) is 1.58. The van der Waals surface area contributed by atoms with Crippen LogP contribution in [0.5, 0.6) is 5.75 Å². The number of benzene rings is 2. The number of hydrogen-bond acceptors (Lipinski definition) is 5. The highest BCUT2D eigenvalue weighted by Crippen LogP contribution is 2.44. The van der Waals surface area contributed by atoms with Gasteiger partial charge in [-0.05, 0) is 73.2 Å². The molecule has 1 N–H and O–H groups in total. The van der Waals surface area contributed by atoms with Crippen molar-refractivity contribution in [3.63, 3.8) is 0 Å². The minimum atomic E-state index is -0.692. The Morgan fingerprint density at radius 2 is 1.81 bits per heavy atom. The van der Waals surface area contributed by atoms with E-state index < -0.39 is 17.7 Å². The van der Waals surface area contributed by atoms with Gasteiger partial charge in [0.05, 0.1) is 12.7 Å². The standard InChI is InChI=1S/C25H23NO4S/c1-14-7-5-8-18(16(14)3)26-22(20-9-6-12-31-20)21(24(28)25(26)29)23(27)17-10-11-19(30-4)15(2)13-17/h5-13,22,27H,1-4H3/b23-21-. The molecule has 6 heteroatoms. The maximum Gasteiger partial charge on any atom is 0.300 e. The summed E-state index contributed by atoms with van der Waals surface area (Å²) in [6, 6.07) is 13.9. The highest BCUT2D eigenvalue weighted by Gasteiger charge is 2.47. The van der Waals surface area contributed by atoms with E-state index in [-0.39, 0.29) is 11.3 Å². The van der Waals surface area contributed by atoms with Crippen LogP contribution in [-0.2, 0) is 9.59 Å². The van der Waals surface area contributed by atoms with Crippen LogP contribution in [0.15, 0.2) is 59.5 Å². The Labute approximate surface area is 185 Å². The van der Waals surface area contributed by atoms with Crippen molar-refractivity contribution in [1.82, 2.24) is 0 Å². The third-order valence-corrected chi connectivity index (χ3v) is 6.69. The number of aliphatic hydroxyl groups is 1. The second kappa shape index (κ2) is 8.04. The molecule has 5 nitrogen and oxygen atoms in total. The number of anilines is 1. The summed E-state index contributed by atoms with van der Waals surface area (Å²) >= 11 is 1.45. The van der Waals surface area contributed by atoms with Crippen molar-refractivity contribution in [3.8, 4) is 5.75 Å². The molecular weight excluding hydrogens is 410 g/mol. The molecular formula is C25H23NO4S. The first-order chi connectivity index (χ1) is 14.8. The lowest BCUT2D eigenvalue weighted by Gasteiger charge is -2.26. The highest BCUT2D eigenvalue weighted by molar-refractivity contribution is 7.10. The van der Waals surface area contributed by atoms with Crippen molar-refractivity contribution in [2.24, 2.45) is 0 Å². The van der Waals surface area contributed by atoms with Crippen LogP contribution >= 0.6 is 11.3 Å². The number of ketones is 1. The number of aliphatic hydroxyl groups excluding tert-OH is 1. The number of amides is 1. The van der Waals surface area contributed by atoms with E-state index in [9.17, 15) is 14.7 Å². The van der Waals surface area contributed by atoms with Gasteiger partial charge in [0, 0.05) is 16.1 Å². The summed E-state index contributed by atoms with van der Waals surface area (Å²) in [5, 5.41) is 13.1. The van der Waals surface area contributed by atoms with Gasteiger partial charge in [0.1, 0.15) is 17.6 Å². The number of rotatable bonds is 4. The predicted octanol–water partition coefficient (Wildman–Crippen LogP) is 5.31. The van der Waals surface area contributed by atoms with Gasteiger partial charge in [-0.2, -0.15) is 0 Å². The fraction of sp³-hybridized carbons (Fsp3) is 0.200. The van der Waals surface area contributed by atoms with Gasteiger partial charge < -0.3 is 9.84 Å². The zero-order chi connectivity index (χ0) is 22.3. The van der Waals surface area contributed by atoms with Crippen LogP contribution in [0.4, 0.5) is 5.69 Å². The van der Waals surface area contributed by atoms with Gasteiger partial charge in [-0.25, -0.2) is 0 Å². The molecule has 2 heterocycles. The molecule has 0 spiro atoms. The third kappa shape index (κ3) is 3.43. The summed E-state index contributed by atoms with van der Waals surface area (Å²) in [5.41, 5.74) is 4.01. The Hall–Kier alpha value is -3.38. The van der Waals surface area contributed by atoms with Crippen molar-refractivity contribution < 1.29 is 19.4 Å². The monoisotopic (exact) mass is 433 g/mol. The topological polar surface area (TPSA) is 66.8 Å². The zero-order valence-corrected chi connectivity index (χ0v) is 18.6. The van der Waals surface area contributed by atoms with E-state index in [1.165, 1.54) is 16.2 Å². The zero-order valence-electron chi connectivity index (χ0n) is 17.8. The van der Waals surface area contributed by atoms with Gasteiger partial charge in [0.2, 0.25) is 0 Å². The molecule has 3 aromatic rings. The van der Waals surface area contributed by atoms with Gasteiger partial charge >= 0.3 is 0 Å². The first-order valence-corrected chi connectivity index (χ1v) is 10.8. The average molecular weight is 434 g/mol. The van der Waals surface area contributed by atoms with Gasteiger partial charge in [-0.3, -0.25) is 14.5 Å². The summed E-state index contributed by atoms with van der Waals surface area (Å²) < 4.78 is 5.30.